The number of likely N-dealkylation sites (tertiary alicyclic amines) is 1. The number of rotatable bonds is 5. The van der Waals surface area contributed by atoms with Gasteiger partial charge in [-0.25, -0.2) is 4.39 Å². The Morgan fingerprint density at radius 3 is 2.82 bits per heavy atom. The van der Waals surface area contributed by atoms with Gasteiger partial charge in [-0.05, 0) is 24.6 Å². The molecule has 0 aliphatic carbocycles. The van der Waals surface area contributed by atoms with Crippen molar-refractivity contribution in [3.8, 4) is 11.8 Å². The van der Waals surface area contributed by atoms with Crippen molar-refractivity contribution in [3.63, 3.8) is 0 Å². The number of hydrogen-bond acceptors (Lipinski definition) is 3. The van der Waals surface area contributed by atoms with Gasteiger partial charge in [0.05, 0.1) is 11.6 Å². The van der Waals surface area contributed by atoms with Crippen molar-refractivity contribution in [1.29, 1.82) is 5.26 Å². The molecule has 1 aliphatic rings. The van der Waals surface area contributed by atoms with E-state index in [2.05, 4.69) is 0 Å². The van der Waals surface area contributed by atoms with Crippen LogP contribution in [0.5, 0.6) is 5.75 Å². The highest BCUT2D eigenvalue weighted by Gasteiger charge is 2.47. The largest absolute Gasteiger partial charge is 0.480 e. The van der Waals surface area contributed by atoms with Crippen molar-refractivity contribution in [2.24, 2.45) is 5.41 Å². The van der Waals surface area contributed by atoms with Crippen LogP contribution >= 0.6 is 0 Å². The summed E-state index contributed by atoms with van der Waals surface area (Å²) in [6.45, 7) is 6.64. The third-order valence-electron chi connectivity index (χ3n) is 3.93. The van der Waals surface area contributed by atoms with E-state index in [4.69, 9.17) is 10.00 Å². The zero-order valence-corrected chi connectivity index (χ0v) is 13.2. The number of hydrogen-bond donors (Lipinski definition) is 0. The number of alkyl halides is 1. The molecule has 1 aromatic rings. The lowest BCUT2D eigenvalue weighted by Gasteiger charge is -2.24. The number of ether oxygens (including phenoxy) is 1. The SMILES string of the molecule is CCCN1CC(C)(C)[C@H](Oc2ccc(C#N)c(CF)c2)C1=O. The molecular formula is C17H21FN2O2. The molecule has 0 aromatic heterocycles. The molecule has 1 heterocycles. The third kappa shape index (κ3) is 3.06. The van der Waals surface area contributed by atoms with E-state index >= 15 is 0 Å². The van der Waals surface area contributed by atoms with Gasteiger partial charge >= 0.3 is 0 Å². The Kier molecular flexibility index (Phi) is 4.70. The normalized spacial score (nSPS) is 20.0. The fraction of sp³-hybridized carbons (Fsp3) is 0.529. The molecule has 22 heavy (non-hydrogen) atoms. The summed E-state index contributed by atoms with van der Waals surface area (Å²) in [5, 5.41) is 8.93. The van der Waals surface area contributed by atoms with E-state index in [-0.39, 0.29) is 16.9 Å². The van der Waals surface area contributed by atoms with Crippen LogP contribution in [0.15, 0.2) is 18.2 Å². The Morgan fingerprint density at radius 2 is 2.23 bits per heavy atom. The van der Waals surface area contributed by atoms with Crippen molar-refractivity contribution >= 4 is 5.91 Å². The van der Waals surface area contributed by atoms with Gasteiger partial charge < -0.3 is 9.64 Å². The Morgan fingerprint density at radius 1 is 1.50 bits per heavy atom. The van der Waals surface area contributed by atoms with Crippen molar-refractivity contribution < 1.29 is 13.9 Å². The topological polar surface area (TPSA) is 53.3 Å². The minimum absolute atomic E-state index is 0.0296. The number of nitriles is 1. The van der Waals surface area contributed by atoms with E-state index in [1.807, 2.05) is 31.7 Å². The van der Waals surface area contributed by atoms with Crippen molar-refractivity contribution in [2.45, 2.75) is 40.0 Å². The second-order valence-corrected chi connectivity index (χ2v) is 6.31. The van der Waals surface area contributed by atoms with Gasteiger partial charge in [0.25, 0.3) is 5.91 Å². The number of benzene rings is 1. The van der Waals surface area contributed by atoms with E-state index in [1.165, 1.54) is 12.1 Å². The van der Waals surface area contributed by atoms with Gasteiger partial charge in [-0.15, -0.1) is 0 Å². The molecule has 118 valence electrons. The predicted octanol–water partition coefficient (Wildman–Crippen LogP) is 3.05. The lowest BCUT2D eigenvalue weighted by atomic mass is 9.89. The van der Waals surface area contributed by atoms with Crippen LogP contribution in [0.1, 0.15) is 38.3 Å². The van der Waals surface area contributed by atoms with Crippen molar-refractivity contribution in [3.05, 3.63) is 29.3 Å². The maximum Gasteiger partial charge on any atom is 0.264 e. The van der Waals surface area contributed by atoms with Crippen LogP contribution in [0.3, 0.4) is 0 Å². The molecule has 5 heteroatoms. The van der Waals surface area contributed by atoms with Crippen LogP contribution in [0.2, 0.25) is 0 Å². The van der Waals surface area contributed by atoms with E-state index in [9.17, 15) is 9.18 Å². The second kappa shape index (κ2) is 6.35. The average molecular weight is 304 g/mol. The minimum atomic E-state index is -0.732. The van der Waals surface area contributed by atoms with Gasteiger partial charge in [0, 0.05) is 24.1 Å². The highest BCUT2D eigenvalue weighted by atomic mass is 19.1. The Labute approximate surface area is 130 Å². The Bertz CT molecular complexity index is 607. The van der Waals surface area contributed by atoms with Crippen molar-refractivity contribution in [1.82, 2.24) is 4.90 Å². The lowest BCUT2D eigenvalue weighted by molar-refractivity contribution is -0.134. The minimum Gasteiger partial charge on any atom is -0.480 e. The van der Waals surface area contributed by atoms with Crippen LogP contribution < -0.4 is 4.74 Å². The number of amides is 1. The Hall–Kier alpha value is -2.09. The fourth-order valence-corrected chi connectivity index (χ4v) is 2.82. The molecule has 1 aromatic carbocycles. The molecule has 1 saturated heterocycles. The summed E-state index contributed by atoms with van der Waals surface area (Å²) < 4.78 is 18.8. The van der Waals surface area contributed by atoms with Crippen molar-refractivity contribution in [2.75, 3.05) is 13.1 Å². The Balaban J connectivity index is 2.23. The molecular weight excluding hydrogens is 283 g/mol. The summed E-state index contributed by atoms with van der Waals surface area (Å²) in [6.07, 6.45) is 0.316. The zero-order chi connectivity index (χ0) is 16.3. The molecule has 0 unspecified atom stereocenters. The highest BCUT2D eigenvalue weighted by Crippen LogP contribution is 2.34. The quantitative estimate of drug-likeness (QED) is 0.840. The van der Waals surface area contributed by atoms with Gasteiger partial charge in [-0.2, -0.15) is 5.26 Å². The molecule has 1 aliphatic heterocycles. The standard InChI is InChI=1S/C17H21FN2O2/c1-4-7-20-11-17(2,3)15(16(20)21)22-14-6-5-12(10-19)13(8-14)9-18/h5-6,8,15H,4,7,9,11H2,1-3H3/t15-/m1/s1. The maximum absolute atomic E-state index is 13.0. The molecule has 0 bridgehead atoms. The van der Waals surface area contributed by atoms with Crippen LogP contribution in [0.25, 0.3) is 0 Å². The fourth-order valence-electron chi connectivity index (χ4n) is 2.82. The molecule has 0 N–H and O–H groups in total. The maximum atomic E-state index is 13.0. The molecule has 0 saturated carbocycles. The summed E-state index contributed by atoms with van der Waals surface area (Å²) >= 11 is 0. The smallest absolute Gasteiger partial charge is 0.264 e. The van der Waals surface area contributed by atoms with Crippen LogP contribution in [-0.4, -0.2) is 30.0 Å². The summed E-state index contributed by atoms with van der Waals surface area (Å²) in [5.74, 6) is 0.398. The van der Waals surface area contributed by atoms with E-state index in [0.717, 1.165) is 6.42 Å². The van der Waals surface area contributed by atoms with E-state index < -0.39 is 12.8 Å². The molecule has 4 nitrogen and oxygen atoms in total. The van der Waals surface area contributed by atoms with Crippen LogP contribution in [-0.2, 0) is 11.5 Å². The second-order valence-electron chi connectivity index (χ2n) is 6.31. The van der Waals surface area contributed by atoms with E-state index in [0.29, 0.717) is 24.4 Å². The zero-order valence-electron chi connectivity index (χ0n) is 13.2. The molecule has 1 fully saturated rings. The number of nitrogens with zero attached hydrogens (tertiary/aromatic N) is 2. The first-order chi connectivity index (χ1) is 10.4. The number of carbonyl (C=O) groups excluding carboxylic acids is 1. The monoisotopic (exact) mass is 304 g/mol. The summed E-state index contributed by atoms with van der Waals surface area (Å²) in [4.78, 5) is 14.3. The first-order valence-corrected chi connectivity index (χ1v) is 7.47. The van der Waals surface area contributed by atoms with Crippen LogP contribution in [0.4, 0.5) is 4.39 Å². The number of carbonyl (C=O) groups is 1. The number of halogens is 1. The van der Waals surface area contributed by atoms with E-state index in [1.54, 1.807) is 6.07 Å². The first-order valence-electron chi connectivity index (χ1n) is 7.47. The molecule has 1 atom stereocenters. The average Bonchev–Trinajstić information content (AvgIpc) is 2.70. The summed E-state index contributed by atoms with van der Waals surface area (Å²) in [6, 6.07) is 6.59. The summed E-state index contributed by atoms with van der Waals surface area (Å²) in [7, 11) is 0. The highest BCUT2D eigenvalue weighted by molar-refractivity contribution is 5.84. The third-order valence-corrected chi connectivity index (χ3v) is 3.93. The molecule has 1 amide bonds. The van der Waals surface area contributed by atoms with Gasteiger partial charge in [0.15, 0.2) is 6.10 Å². The van der Waals surface area contributed by atoms with Gasteiger partial charge in [-0.1, -0.05) is 20.8 Å². The lowest BCUT2D eigenvalue weighted by Crippen LogP contribution is -2.36. The molecule has 0 spiro atoms. The summed E-state index contributed by atoms with van der Waals surface area (Å²) in [5.41, 5.74) is 0.267. The van der Waals surface area contributed by atoms with Crippen LogP contribution in [0, 0.1) is 16.7 Å². The molecule has 2 rings (SSSR count). The van der Waals surface area contributed by atoms with Gasteiger partial charge in [0.2, 0.25) is 0 Å². The van der Waals surface area contributed by atoms with Gasteiger partial charge in [0.1, 0.15) is 12.4 Å². The van der Waals surface area contributed by atoms with Gasteiger partial charge in [-0.3, -0.25) is 4.79 Å². The molecule has 0 radical (unpaired) electrons. The first kappa shape index (κ1) is 16.3. The predicted molar refractivity (Wildman–Crippen MR) is 81.0 cm³/mol.